The number of methoxy groups -OCH3 is 1. The Labute approximate surface area is 108 Å². The lowest BCUT2D eigenvalue weighted by molar-refractivity contribution is -0.387. The van der Waals surface area contributed by atoms with Crippen molar-refractivity contribution in [3.05, 3.63) is 34.1 Å². The van der Waals surface area contributed by atoms with Gasteiger partial charge in [-0.15, -0.1) is 0 Å². The summed E-state index contributed by atoms with van der Waals surface area (Å²) < 4.78 is 17.9. The van der Waals surface area contributed by atoms with Gasteiger partial charge in [0.15, 0.2) is 5.11 Å². The van der Waals surface area contributed by atoms with E-state index >= 15 is 0 Å². The summed E-state index contributed by atoms with van der Waals surface area (Å²) >= 11 is 4.95. The van der Waals surface area contributed by atoms with Gasteiger partial charge >= 0.3 is 5.69 Å². The van der Waals surface area contributed by atoms with Gasteiger partial charge in [-0.3, -0.25) is 10.1 Å². The Hall–Kier alpha value is -1.80. The van der Waals surface area contributed by atoms with Crippen molar-refractivity contribution >= 4 is 28.7 Å². The van der Waals surface area contributed by atoms with Crippen molar-refractivity contribution in [3.8, 4) is 0 Å². The normalized spacial score (nSPS) is 9.89. The number of benzene rings is 1. The van der Waals surface area contributed by atoms with Crippen LogP contribution >= 0.6 is 12.2 Å². The van der Waals surface area contributed by atoms with Crippen molar-refractivity contribution in [3.63, 3.8) is 0 Å². The summed E-state index contributed by atoms with van der Waals surface area (Å²) in [6, 6.07) is 3.46. The lowest BCUT2D eigenvalue weighted by Crippen LogP contribution is -2.31. The molecule has 0 atom stereocenters. The second-order valence-electron chi connectivity index (χ2n) is 3.30. The highest BCUT2D eigenvalue weighted by Gasteiger charge is 2.14. The Morgan fingerprint density at radius 1 is 1.61 bits per heavy atom. The van der Waals surface area contributed by atoms with E-state index in [1.54, 1.807) is 7.11 Å². The van der Waals surface area contributed by atoms with E-state index < -0.39 is 16.4 Å². The van der Waals surface area contributed by atoms with Crippen molar-refractivity contribution in [1.29, 1.82) is 0 Å². The van der Waals surface area contributed by atoms with Crippen molar-refractivity contribution < 1.29 is 14.1 Å². The number of nitro benzene ring substituents is 1. The number of halogens is 1. The molecule has 0 radical (unpaired) electrons. The molecule has 1 aromatic carbocycles. The van der Waals surface area contributed by atoms with Crippen LogP contribution in [0.25, 0.3) is 0 Å². The van der Waals surface area contributed by atoms with Gasteiger partial charge in [0.05, 0.1) is 11.5 Å². The van der Waals surface area contributed by atoms with Gasteiger partial charge in [-0.1, -0.05) is 0 Å². The zero-order chi connectivity index (χ0) is 13.5. The summed E-state index contributed by atoms with van der Waals surface area (Å²) in [6.45, 7) is 0.983. The molecule has 0 spiro atoms. The first-order valence-electron chi connectivity index (χ1n) is 5.02. The summed E-state index contributed by atoms with van der Waals surface area (Å²) in [7, 11) is 1.56. The van der Waals surface area contributed by atoms with Crippen LogP contribution in [-0.2, 0) is 4.74 Å². The maximum Gasteiger partial charge on any atom is 0.306 e. The molecule has 0 saturated carbocycles. The number of anilines is 1. The first-order chi connectivity index (χ1) is 8.54. The number of hydrogen-bond acceptors (Lipinski definition) is 4. The fourth-order valence-corrected chi connectivity index (χ4v) is 1.39. The molecular formula is C10H12FN3O3S. The third-order valence-corrected chi connectivity index (χ3v) is 2.24. The molecule has 1 rings (SSSR count). The Morgan fingerprint density at radius 3 is 2.94 bits per heavy atom. The summed E-state index contributed by atoms with van der Waals surface area (Å²) in [5, 5.41) is 16.4. The lowest BCUT2D eigenvalue weighted by Gasteiger charge is -2.09. The van der Waals surface area contributed by atoms with Gasteiger partial charge in [0, 0.05) is 25.4 Å². The summed E-state index contributed by atoms with van der Waals surface area (Å²) in [5.41, 5.74) is -0.252. The highest BCUT2D eigenvalue weighted by Crippen LogP contribution is 2.21. The molecule has 1 aromatic rings. The van der Waals surface area contributed by atoms with Crippen molar-refractivity contribution in [2.24, 2.45) is 0 Å². The van der Waals surface area contributed by atoms with Crippen molar-refractivity contribution in [2.45, 2.75) is 0 Å². The number of nitrogens with one attached hydrogen (secondary N) is 2. The molecular weight excluding hydrogens is 261 g/mol. The zero-order valence-electron chi connectivity index (χ0n) is 9.60. The number of rotatable bonds is 5. The molecule has 0 fully saturated rings. The molecule has 0 bridgehead atoms. The largest absolute Gasteiger partial charge is 0.383 e. The van der Waals surface area contributed by atoms with Crippen molar-refractivity contribution in [2.75, 3.05) is 25.6 Å². The minimum atomic E-state index is -0.885. The van der Waals surface area contributed by atoms with E-state index in [0.29, 0.717) is 18.8 Å². The molecule has 0 aliphatic carbocycles. The van der Waals surface area contributed by atoms with E-state index in [1.807, 2.05) is 0 Å². The molecule has 2 N–H and O–H groups in total. The van der Waals surface area contributed by atoms with Crippen LogP contribution in [0.4, 0.5) is 15.8 Å². The summed E-state index contributed by atoms with van der Waals surface area (Å²) in [5.74, 6) is -0.885. The molecule has 18 heavy (non-hydrogen) atoms. The van der Waals surface area contributed by atoms with E-state index in [1.165, 1.54) is 6.07 Å². The minimum Gasteiger partial charge on any atom is -0.383 e. The highest BCUT2D eigenvalue weighted by molar-refractivity contribution is 7.80. The monoisotopic (exact) mass is 273 g/mol. The zero-order valence-corrected chi connectivity index (χ0v) is 10.4. The summed E-state index contributed by atoms with van der Waals surface area (Å²) in [6.07, 6.45) is 0. The Balaban J connectivity index is 2.65. The predicted octanol–water partition coefficient (Wildman–Crippen LogP) is 1.67. The molecule has 0 aliphatic rings. The molecule has 0 saturated heterocycles. The Bertz CT molecular complexity index is 456. The molecule has 8 heteroatoms. The quantitative estimate of drug-likeness (QED) is 0.368. The van der Waals surface area contributed by atoms with Crippen LogP contribution in [0.1, 0.15) is 0 Å². The average molecular weight is 273 g/mol. The van der Waals surface area contributed by atoms with Gasteiger partial charge in [0.25, 0.3) is 0 Å². The topological polar surface area (TPSA) is 76.4 Å². The standard InChI is InChI=1S/C10H12FN3O3S/c1-17-5-4-12-10(18)13-7-2-3-8(11)9(6-7)14(15)16/h2-3,6H,4-5H2,1H3,(H2,12,13,18). The Morgan fingerprint density at radius 2 is 2.33 bits per heavy atom. The van der Waals surface area contributed by atoms with Crippen LogP contribution in [0, 0.1) is 15.9 Å². The second-order valence-corrected chi connectivity index (χ2v) is 3.71. The van der Waals surface area contributed by atoms with Gasteiger partial charge in [0.1, 0.15) is 0 Å². The van der Waals surface area contributed by atoms with Gasteiger partial charge < -0.3 is 15.4 Å². The first-order valence-corrected chi connectivity index (χ1v) is 5.43. The lowest BCUT2D eigenvalue weighted by atomic mass is 10.2. The molecule has 0 unspecified atom stereocenters. The van der Waals surface area contributed by atoms with Gasteiger partial charge in [0.2, 0.25) is 5.82 Å². The average Bonchev–Trinajstić information content (AvgIpc) is 2.31. The number of ether oxygens (including phenoxy) is 1. The van der Waals surface area contributed by atoms with E-state index in [9.17, 15) is 14.5 Å². The molecule has 0 aromatic heterocycles. The third kappa shape index (κ3) is 4.22. The fraction of sp³-hybridized carbons (Fsp3) is 0.300. The van der Waals surface area contributed by atoms with Gasteiger partial charge in [-0.2, -0.15) is 4.39 Å². The maximum atomic E-state index is 13.1. The molecule has 0 heterocycles. The Kier molecular flexibility index (Phi) is 5.40. The van der Waals surface area contributed by atoms with E-state index in [2.05, 4.69) is 10.6 Å². The van der Waals surface area contributed by atoms with Gasteiger partial charge in [-0.25, -0.2) is 0 Å². The molecule has 0 amide bonds. The highest BCUT2D eigenvalue weighted by atomic mass is 32.1. The molecule has 0 aliphatic heterocycles. The number of nitro groups is 1. The smallest absolute Gasteiger partial charge is 0.306 e. The van der Waals surface area contributed by atoms with Crippen LogP contribution in [0.5, 0.6) is 0 Å². The van der Waals surface area contributed by atoms with E-state index in [-0.39, 0.29) is 5.11 Å². The van der Waals surface area contributed by atoms with Crippen LogP contribution in [0.2, 0.25) is 0 Å². The first kappa shape index (κ1) is 14.3. The van der Waals surface area contributed by atoms with Crippen LogP contribution in [0.15, 0.2) is 18.2 Å². The van der Waals surface area contributed by atoms with E-state index in [0.717, 1.165) is 12.1 Å². The SMILES string of the molecule is COCCNC(=S)Nc1ccc(F)c([N+](=O)[O-])c1. The van der Waals surface area contributed by atoms with Gasteiger partial charge in [-0.05, 0) is 24.4 Å². The second kappa shape index (κ2) is 6.82. The fourth-order valence-electron chi connectivity index (χ4n) is 1.17. The van der Waals surface area contributed by atoms with Crippen LogP contribution < -0.4 is 10.6 Å². The molecule has 98 valence electrons. The number of nitrogens with zero attached hydrogens (tertiary/aromatic N) is 1. The maximum absolute atomic E-state index is 13.1. The third-order valence-electron chi connectivity index (χ3n) is 1.99. The summed E-state index contributed by atoms with van der Waals surface area (Å²) in [4.78, 5) is 9.75. The van der Waals surface area contributed by atoms with Crippen molar-refractivity contribution in [1.82, 2.24) is 5.32 Å². The predicted molar refractivity (Wildman–Crippen MR) is 69.2 cm³/mol. The van der Waals surface area contributed by atoms with Crippen LogP contribution in [-0.4, -0.2) is 30.3 Å². The number of hydrogen-bond donors (Lipinski definition) is 2. The number of thiocarbonyl (C=S) groups is 1. The van der Waals surface area contributed by atoms with Crippen LogP contribution in [0.3, 0.4) is 0 Å². The van der Waals surface area contributed by atoms with E-state index in [4.69, 9.17) is 17.0 Å². The minimum absolute atomic E-state index is 0.285. The molecule has 6 nitrogen and oxygen atoms in total.